The van der Waals surface area contributed by atoms with Gasteiger partial charge in [0.25, 0.3) is 34.1 Å². The molecular weight excluding hydrogens is 2370 g/mol. The third-order valence-electron chi connectivity index (χ3n) is 12.4. The Hall–Kier alpha value is 1.21. The molecule has 0 fully saturated rings. The van der Waals surface area contributed by atoms with Crippen LogP contribution >= 0.6 is 227 Å². The van der Waals surface area contributed by atoms with Crippen LogP contribution in [0.2, 0.25) is 0 Å². The molecule has 45 heteroatoms. The average Bonchev–Trinajstić information content (AvgIpc) is 0.775. The summed E-state index contributed by atoms with van der Waals surface area (Å²) in [5.41, 5.74) is 12.4. The largest absolute Gasteiger partial charge is 1.00 e. The van der Waals surface area contributed by atoms with E-state index in [4.69, 9.17) is 48.6 Å². The second-order valence-electron chi connectivity index (χ2n) is 19.3. The van der Waals surface area contributed by atoms with Crippen LogP contribution in [0.15, 0.2) is 0 Å². The molecule has 0 saturated heterocycles. The van der Waals surface area contributed by atoms with E-state index in [-0.39, 0.29) is 99.9 Å². The van der Waals surface area contributed by atoms with Gasteiger partial charge in [0.2, 0.25) is 0 Å². The Bertz CT molecular complexity index is 2980. The third kappa shape index (κ3) is 30.1. The summed E-state index contributed by atoms with van der Waals surface area (Å²) >= 11 is 28.0. The van der Waals surface area contributed by atoms with Crippen LogP contribution < -0.4 is 73.0 Å². The van der Waals surface area contributed by atoms with Crippen LogP contribution in [0.5, 0.6) is 0 Å². The number of carbonyl (C=O) groups excluding carboxylic acids is 8. The molecule has 0 aliphatic heterocycles. The van der Waals surface area contributed by atoms with Gasteiger partial charge in [-0.25, -0.2) is 0 Å². The zero-order valence-electron chi connectivity index (χ0n) is 51.4. The molecule has 0 saturated carbocycles. The summed E-state index contributed by atoms with van der Waals surface area (Å²) in [6.45, 7) is 2.47. The standard InChI is InChI=1S/C19H26I3N3O9.C17H24I3N3O8.C13H10Cl2I3NO5.C3H9NO2.Na.H2O/c1-7(34-8(2)30)17(25-33)11-14(20)12(18(31)23-9(3-26)4-27)16(22)13(15(11)21)19(32)24-10(5-28)6-29;1-6(28)15(23-31)9-12(18)10(16(29)21-7(2-24)3-25)14(20)11(13(9)19)17(30)22-8(4-26)5-27;1-3(24-4(2)20)11(19-23)5-8(16)6(12(14)21)10(18)7(9(5)17)13(15)22;4-3(1-5)2-6;;/h7,9-10,17,25-29,33H,3-6H2,1-2H3,(H,23,31)(H,24,32);6-8,15,23-28,31H,2-5H2,1H3,(H,21,29)(H,22,30);3,11,19,23H,1-2H3;3,5-6H,1-2,4H2;;1H2/q;;;;+1;/p-1/t7-,17?;6-,15?;3-,11?;;;/m000.../s1. The average molecular weight is 2440 g/mol. The van der Waals surface area contributed by atoms with Gasteiger partial charge in [0, 0.05) is 62.7 Å². The van der Waals surface area contributed by atoms with Gasteiger partial charge in [-0.1, -0.05) is 0 Å². The Morgan fingerprint density at radius 2 is 0.588 bits per heavy atom. The van der Waals surface area contributed by atoms with Crippen molar-refractivity contribution in [2.45, 2.75) is 101 Å². The van der Waals surface area contributed by atoms with E-state index in [0.717, 1.165) is 0 Å². The van der Waals surface area contributed by atoms with Crippen molar-refractivity contribution >= 4 is 273 Å². The summed E-state index contributed by atoms with van der Waals surface area (Å²) in [5.74, 6) is -3.92. The maximum absolute atomic E-state index is 13.1. The molecule has 3 aromatic carbocycles. The van der Waals surface area contributed by atoms with Gasteiger partial charge in [0.1, 0.15) is 12.2 Å². The third-order valence-corrected chi connectivity index (χ3v) is 22.7. The van der Waals surface area contributed by atoms with Crippen LogP contribution in [0.25, 0.3) is 0 Å². The number of hydroxylamine groups is 3. The van der Waals surface area contributed by atoms with Crippen molar-refractivity contribution in [3.8, 4) is 0 Å². The minimum Gasteiger partial charge on any atom is -0.870 e. The van der Waals surface area contributed by atoms with Crippen LogP contribution in [0.4, 0.5) is 0 Å². The SMILES string of the molecule is CC(=O)O[C@@H](C)C(NO)c1c(I)c(C(=O)Cl)c(I)c(C(=O)Cl)c1I.CC(=O)O[C@@H](C)C(NO)c1c(I)c(C(=O)NC(CO)CO)c(I)c(C(=O)NC(CO)CO)c1I.C[C@H](O)C(NO)c1c(I)c(C(=O)NC(CO)CO)c(I)c(C(=O)NC(CO)CO)c1I.NC(CO)CO.[Na+].[OH-]. The van der Waals surface area contributed by atoms with Crippen molar-refractivity contribution in [1.29, 1.82) is 0 Å². The monoisotopic (exact) mass is 2440 g/mol. The summed E-state index contributed by atoms with van der Waals surface area (Å²) < 4.78 is 13.2. The van der Waals surface area contributed by atoms with Gasteiger partial charge in [-0.3, -0.25) is 38.4 Å². The second kappa shape index (κ2) is 52.3. The van der Waals surface area contributed by atoms with E-state index in [1.807, 2.05) is 186 Å². The van der Waals surface area contributed by atoms with Crippen LogP contribution in [-0.4, -0.2) is 238 Å². The predicted molar refractivity (Wildman–Crippen MR) is 417 cm³/mol. The molecule has 546 valence electrons. The fraction of sp³-hybridized carbons (Fsp3) is 0.500. The molecule has 97 heavy (non-hydrogen) atoms. The summed E-state index contributed by atoms with van der Waals surface area (Å²) in [5, 5.41) is 138. The molecule has 3 aromatic rings. The number of benzene rings is 3. The van der Waals surface area contributed by atoms with Crippen molar-refractivity contribution in [3.63, 3.8) is 0 Å². The van der Waals surface area contributed by atoms with Crippen LogP contribution in [0.3, 0.4) is 0 Å². The number of rotatable bonds is 31. The summed E-state index contributed by atoms with van der Waals surface area (Å²) in [4.78, 5) is 98.5. The van der Waals surface area contributed by atoms with Crippen molar-refractivity contribution < 1.29 is 155 Å². The summed E-state index contributed by atoms with van der Waals surface area (Å²) in [6, 6.07) is -7.23. The Balaban J connectivity index is -0.00000131. The number of carbonyl (C=O) groups is 8. The Labute approximate surface area is 710 Å². The predicted octanol–water partition coefficient (Wildman–Crippen LogP) is -1.94. The van der Waals surface area contributed by atoms with Gasteiger partial charge in [-0.05, 0) is 247 Å². The number of nitrogens with one attached hydrogen (secondary N) is 7. The van der Waals surface area contributed by atoms with E-state index >= 15 is 0 Å². The van der Waals surface area contributed by atoms with E-state index in [2.05, 4.69) is 32.2 Å². The maximum atomic E-state index is 13.1. The van der Waals surface area contributed by atoms with Crippen LogP contribution in [0, 0.1) is 32.1 Å². The molecule has 0 aliphatic rings. The van der Waals surface area contributed by atoms with Gasteiger partial charge < -0.3 is 114 Å². The molecule has 24 N–H and O–H groups in total. The molecule has 0 aromatic heterocycles. The van der Waals surface area contributed by atoms with E-state index in [1.165, 1.54) is 27.7 Å². The normalized spacial score (nSPS) is 12.8. The van der Waals surface area contributed by atoms with Gasteiger partial charge in [0.15, 0.2) is 0 Å². The molecule has 33 nitrogen and oxygen atoms in total. The van der Waals surface area contributed by atoms with Gasteiger partial charge >= 0.3 is 41.5 Å². The van der Waals surface area contributed by atoms with E-state index in [0.29, 0.717) is 30.6 Å². The Kier molecular flexibility index (Phi) is 55.2. The number of amides is 4. The summed E-state index contributed by atoms with van der Waals surface area (Å²) in [7, 11) is 0. The topological polar surface area (TPSA) is 578 Å². The van der Waals surface area contributed by atoms with Crippen molar-refractivity contribution in [2.24, 2.45) is 5.73 Å². The van der Waals surface area contributed by atoms with Crippen LogP contribution in [0.1, 0.15) is 132 Å². The molecule has 0 bridgehead atoms. The smallest absolute Gasteiger partial charge is 0.870 e. The number of hydrogen-bond acceptors (Lipinski definition) is 29. The number of esters is 2. The zero-order chi connectivity index (χ0) is 73.8. The first-order chi connectivity index (χ1) is 44.4. The van der Waals surface area contributed by atoms with Gasteiger partial charge in [0.05, 0.1) is 154 Å². The fourth-order valence-corrected chi connectivity index (χ4v) is 23.0. The van der Waals surface area contributed by atoms with E-state index in [9.17, 15) is 99.9 Å². The number of aliphatic hydroxyl groups is 11. The maximum Gasteiger partial charge on any atom is 1.00 e. The van der Waals surface area contributed by atoms with Gasteiger partial charge in [-0.2, -0.15) is 16.4 Å². The van der Waals surface area contributed by atoms with Crippen molar-refractivity contribution in [1.82, 2.24) is 37.7 Å². The minimum absolute atomic E-state index is 0. The number of hydrogen-bond donors (Lipinski definition) is 22. The molecule has 0 radical (unpaired) electrons. The molecule has 3 rings (SSSR count). The first-order valence-corrected chi connectivity index (χ1v) is 37.2. The first-order valence-electron chi connectivity index (χ1n) is 26.7. The second-order valence-corrected chi connectivity index (χ2v) is 29.7. The number of aliphatic hydroxyl groups excluding tert-OH is 11. The summed E-state index contributed by atoms with van der Waals surface area (Å²) in [6.07, 6.45) is -2.81. The molecular formula is C52H70Cl2I9N8NaO25. The zero-order valence-corrected chi connectivity index (χ0v) is 74.4. The Morgan fingerprint density at radius 3 is 0.742 bits per heavy atom. The molecule has 0 heterocycles. The van der Waals surface area contributed by atoms with Crippen molar-refractivity contribution in [3.05, 3.63) is 82.2 Å². The van der Waals surface area contributed by atoms with E-state index < -0.39 is 166 Å². The van der Waals surface area contributed by atoms with E-state index in [1.54, 1.807) is 29.5 Å². The fourth-order valence-electron chi connectivity index (χ4n) is 7.58. The van der Waals surface area contributed by atoms with Gasteiger partial charge in [-0.15, -0.1) is 0 Å². The minimum atomic E-state index is -1.11. The van der Waals surface area contributed by atoms with Crippen molar-refractivity contribution in [2.75, 3.05) is 66.1 Å². The number of ether oxygens (including phenoxy) is 2. The number of nitrogens with two attached hydrogens (primary N) is 1. The van der Waals surface area contributed by atoms with Crippen LogP contribution in [-0.2, 0) is 19.1 Å². The number of halogens is 11. The molecule has 0 spiro atoms. The molecule has 3 unspecified atom stereocenters. The molecule has 4 amide bonds. The first kappa shape index (κ1) is 102. The molecule has 0 aliphatic carbocycles. The quantitative estimate of drug-likeness (QED) is 0.0110. The Morgan fingerprint density at radius 1 is 0.392 bits per heavy atom. The molecule has 6 atom stereocenters.